The highest BCUT2D eigenvalue weighted by Gasteiger charge is 2.34. The Labute approximate surface area is 117 Å². The predicted octanol–water partition coefficient (Wildman–Crippen LogP) is 2.91. The lowest BCUT2D eigenvalue weighted by Crippen LogP contribution is -2.48. The summed E-state index contributed by atoms with van der Waals surface area (Å²) in [6, 6.07) is 0.367. The summed E-state index contributed by atoms with van der Waals surface area (Å²) in [5, 5.41) is 10.7. The van der Waals surface area contributed by atoms with Gasteiger partial charge in [-0.2, -0.15) is 0 Å². The van der Waals surface area contributed by atoms with Crippen LogP contribution < -0.4 is 0 Å². The molecular weight excluding hydrogens is 238 g/mol. The number of β-amino-alcohol motifs (C(OH)–C–C–N with tert-alkyl or cyclic N) is 1. The van der Waals surface area contributed by atoms with Gasteiger partial charge < -0.3 is 5.11 Å². The van der Waals surface area contributed by atoms with Crippen LogP contribution in [0.2, 0.25) is 0 Å². The van der Waals surface area contributed by atoms with Crippen LogP contribution >= 0.6 is 0 Å². The average Bonchev–Trinajstić information content (AvgIpc) is 2.55. The van der Waals surface area contributed by atoms with E-state index in [1.807, 2.05) is 0 Å². The van der Waals surface area contributed by atoms with Gasteiger partial charge in [-0.1, -0.05) is 32.1 Å². The molecule has 2 rings (SSSR count). The van der Waals surface area contributed by atoms with E-state index in [-0.39, 0.29) is 5.78 Å². The van der Waals surface area contributed by atoms with Gasteiger partial charge in [-0.05, 0) is 39.2 Å². The molecule has 0 aromatic rings. The molecular formula is C16H29NO2. The summed E-state index contributed by atoms with van der Waals surface area (Å²) in [6.07, 6.45) is 10.9. The van der Waals surface area contributed by atoms with Gasteiger partial charge in [-0.3, -0.25) is 9.69 Å². The van der Waals surface area contributed by atoms with Gasteiger partial charge in [0, 0.05) is 19.0 Å². The second kappa shape index (κ2) is 6.85. The third kappa shape index (κ3) is 4.57. The van der Waals surface area contributed by atoms with E-state index in [1.165, 1.54) is 25.7 Å². The number of ketones is 1. The van der Waals surface area contributed by atoms with Crippen molar-refractivity contribution in [2.75, 3.05) is 13.1 Å². The van der Waals surface area contributed by atoms with Gasteiger partial charge in [0.1, 0.15) is 5.78 Å². The van der Waals surface area contributed by atoms with E-state index >= 15 is 0 Å². The average molecular weight is 267 g/mol. The Hall–Kier alpha value is -0.410. The van der Waals surface area contributed by atoms with Crippen LogP contribution in [-0.2, 0) is 4.79 Å². The Kier molecular flexibility index (Phi) is 5.40. The minimum absolute atomic E-state index is 0.285. The van der Waals surface area contributed by atoms with E-state index in [0.29, 0.717) is 12.5 Å². The number of carbonyl (C=O) groups is 1. The molecule has 1 saturated heterocycles. The Morgan fingerprint density at radius 2 is 1.84 bits per heavy atom. The summed E-state index contributed by atoms with van der Waals surface area (Å²) >= 11 is 0. The van der Waals surface area contributed by atoms with Gasteiger partial charge in [-0.15, -0.1) is 0 Å². The van der Waals surface area contributed by atoms with E-state index in [1.54, 1.807) is 6.92 Å². The van der Waals surface area contributed by atoms with Crippen molar-refractivity contribution in [1.82, 2.24) is 4.90 Å². The lowest BCUT2D eigenvalue weighted by Gasteiger charge is -2.39. The van der Waals surface area contributed by atoms with E-state index in [0.717, 1.165) is 45.2 Å². The highest BCUT2D eigenvalue weighted by molar-refractivity contribution is 5.76. The molecule has 1 unspecified atom stereocenters. The molecule has 0 radical (unpaired) electrons. The van der Waals surface area contributed by atoms with Crippen molar-refractivity contribution in [3.63, 3.8) is 0 Å². The molecule has 0 spiro atoms. The molecule has 0 bridgehead atoms. The van der Waals surface area contributed by atoms with Gasteiger partial charge in [-0.25, -0.2) is 0 Å². The number of nitrogens with zero attached hydrogens (tertiary/aromatic N) is 1. The van der Waals surface area contributed by atoms with Crippen molar-refractivity contribution >= 4 is 5.78 Å². The zero-order chi connectivity index (χ0) is 13.7. The van der Waals surface area contributed by atoms with Crippen molar-refractivity contribution in [2.24, 2.45) is 0 Å². The molecule has 19 heavy (non-hydrogen) atoms. The molecule has 3 heteroatoms. The Morgan fingerprint density at radius 1 is 1.16 bits per heavy atom. The van der Waals surface area contributed by atoms with Crippen LogP contribution in [0.1, 0.15) is 71.1 Å². The first-order valence-corrected chi connectivity index (χ1v) is 8.05. The third-order valence-electron chi connectivity index (χ3n) is 4.80. The Balaban J connectivity index is 1.98. The second-order valence-electron chi connectivity index (χ2n) is 6.66. The van der Waals surface area contributed by atoms with E-state index in [9.17, 15) is 9.90 Å². The number of Topliss-reactive ketones (excluding diaryl/α,β-unsaturated/α-hetero) is 1. The van der Waals surface area contributed by atoms with Crippen LogP contribution in [0.15, 0.2) is 0 Å². The molecule has 1 aliphatic carbocycles. The SMILES string of the molecule is CC(=O)CC1CCCCCN1CC1(O)CCCCC1. The largest absolute Gasteiger partial charge is 0.389 e. The molecule has 0 aromatic carbocycles. The number of hydrogen-bond acceptors (Lipinski definition) is 3. The summed E-state index contributed by atoms with van der Waals surface area (Å²) in [5.74, 6) is 0.285. The van der Waals surface area contributed by atoms with Gasteiger partial charge in [0.15, 0.2) is 0 Å². The van der Waals surface area contributed by atoms with Crippen LogP contribution in [0.5, 0.6) is 0 Å². The van der Waals surface area contributed by atoms with Crippen molar-refractivity contribution < 1.29 is 9.90 Å². The number of carbonyl (C=O) groups excluding carboxylic acids is 1. The number of hydrogen-bond donors (Lipinski definition) is 1. The number of likely N-dealkylation sites (tertiary alicyclic amines) is 1. The van der Waals surface area contributed by atoms with Crippen LogP contribution in [0.4, 0.5) is 0 Å². The molecule has 2 fully saturated rings. The Morgan fingerprint density at radius 3 is 2.53 bits per heavy atom. The van der Waals surface area contributed by atoms with Gasteiger partial charge in [0.25, 0.3) is 0 Å². The van der Waals surface area contributed by atoms with Crippen LogP contribution in [0.25, 0.3) is 0 Å². The van der Waals surface area contributed by atoms with Crippen molar-refractivity contribution in [3.8, 4) is 0 Å². The fourth-order valence-corrected chi connectivity index (χ4v) is 3.75. The normalized spacial score (nSPS) is 28.8. The minimum Gasteiger partial charge on any atom is -0.389 e. The lowest BCUT2D eigenvalue weighted by molar-refractivity contribution is -0.118. The molecule has 1 heterocycles. The van der Waals surface area contributed by atoms with E-state index < -0.39 is 5.60 Å². The summed E-state index contributed by atoms with van der Waals surface area (Å²) in [5.41, 5.74) is -0.488. The second-order valence-corrected chi connectivity index (χ2v) is 6.66. The summed E-state index contributed by atoms with van der Waals surface area (Å²) < 4.78 is 0. The maximum atomic E-state index is 11.5. The standard InChI is InChI=1S/C16H29NO2/c1-14(18)12-15-8-4-2-7-11-17(15)13-16(19)9-5-3-6-10-16/h15,19H,2-13H2,1H3. The van der Waals surface area contributed by atoms with Gasteiger partial charge in [0.05, 0.1) is 5.60 Å². The van der Waals surface area contributed by atoms with Gasteiger partial charge >= 0.3 is 0 Å². The monoisotopic (exact) mass is 267 g/mol. The van der Waals surface area contributed by atoms with Crippen molar-refractivity contribution in [1.29, 1.82) is 0 Å². The molecule has 1 saturated carbocycles. The quantitative estimate of drug-likeness (QED) is 0.851. The number of rotatable bonds is 4. The smallest absolute Gasteiger partial charge is 0.131 e. The molecule has 3 nitrogen and oxygen atoms in total. The van der Waals surface area contributed by atoms with Crippen LogP contribution in [0.3, 0.4) is 0 Å². The Bertz CT molecular complexity index is 297. The molecule has 0 amide bonds. The van der Waals surface area contributed by atoms with Crippen molar-refractivity contribution in [2.45, 2.75) is 82.8 Å². The topological polar surface area (TPSA) is 40.5 Å². The highest BCUT2D eigenvalue weighted by Crippen LogP contribution is 2.31. The summed E-state index contributed by atoms with van der Waals surface area (Å²) in [4.78, 5) is 13.9. The predicted molar refractivity (Wildman–Crippen MR) is 77.2 cm³/mol. The van der Waals surface area contributed by atoms with Gasteiger partial charge in [0.2, 0.25) is 0 Å². The molecule has 1 aliphatic heterocycles. The molecule has 1 N–H and O–H groups in total. The third-order valence-corrected chi connectivity index (χ3v) is 4.80. The zero-order valence-corrected chi connectivity index (χ0v) is 12.4. The highest BCUT2D eigenvalue weighted by atomic mass is 16.3. The molecule has 2 aliphatic rings. The maximum absolute atomic E-state index is 11.5. The van der Waals surface area contributed by atoms with E-state index in [2.05, 4.69) is 4.90 Å². The molecule has 1 atom stereocenters. The maximum Gasteiger partial charge on any atom is 0.131 e. The minimum atomic E-state index is -0.488. The summed E-state index contributed by atoms with van der Waals surface area (Å²) in [7, 11) is 0. The van der Waals surface area contributed by atoms with Crippen molar-refractivity contribution in [3.05, 3.63) is 0 Å². The molecule has 0 aromatic heterocycles. The number of aliphatic hydroxyl groups is 1. The lowest BCUT2D eigenvalue weighted by atomic mass is 9.84. The first-order chi connectivity index (χ1) is 9.09. The fourth-order valence-electron chi connectivity index (χ4n) is 3.75. The first kappa shape index (κ1) is 15.0. The zero-order valence-electron chi connectivity index (χ0n) is 12.4. The van der Waals surface area contributed by atoms with E-state index in [4.69, 9.17) is 0 Å². The van der Waals surface area contributed by atoms with Crippen LogP contribution in [-0.4, -0.2) is 40.5 Å². The van der Waals surface area contributed by atoms with Crippen LogP contribution in [0, 0.1) is 0 Å². The summed E-state index contributed by atoms with van der Waals surface area (Å²) in [6.45, 7) is 3.53. The molecule has 110 valence electrons. The fraction of sp³-hybridized carbons (Fsp3) is 0.938. The first-order valence-electron chi connectivity index (χ1n) is 8.05.